The van der Waals surface area contributed by atoms with Crippen LogP contribution >= 0.6 is 0 Å². The molecule has 1 unspecified atom stereocenters. The number of hydrogen-bond acceptors (Lipinski definition) is 2. The van der Waals surface area contributed by atoms with Crippen LogP contribution in [0.4, 0.5) is 0 Å². The minimum absolute atomic E-state index is 0.106. The molecule has 1 aromatic rings. The van der Waals surface area contributed by atoms with E-state index in [9.17, 15) is 4.79 Å². The Hall–Kier alpha value is -1.35. The standard InChI is InChI=1S/C12H15NO2/c1-9(6-12(14)15)13-7-10-4-2-3-5-11(10)8-13/h2-5,9H,6-8H2,1H3,(H,14,15). The molecule has 0 aromatic heterocycles. The van der Waals surface area contributed by atoms with Gasteiger partial charge in [0.05, 0.1) is 6.42 Å². The highest BCUT2D eigenvalue weighted by Crippen LogP contribution is 2.24. The van der Waals surface area contributed by atoms with E-state index in [1.807, 2.05) is 19.1 Å². The number of carbonyl (C=O) groups is 1. The van der Waals surface area contributed by atoms with Crippen molar-refractivity contribution >= 4 is 5.97 Å². The molecule has 1 aliphatic rings. The van der Waals surface area contributed by atoms with Gasteiger partial charge in [0.2, 0.25) is 0 Å². The monoisotopic (exact) mass is 205 g/mol. The molecule has 1 heterocycles. The van der Waals surface area contributed by atoms with Crippen molar-refractivity contribution in [3.63, 3.8) is 0 Å². The number of rotatable bonds is 3. The third-order valence-corrected chi connectivity index (χ3v) is 2.96. The average Bonchev–Trinajstić information content (AvgIpc) is 2.59. The Morgan fingerprint density at radius 2 is 1.93 bits per heavy atom. The molecule has 0 amide bonds. The number of carboxylic acid groups (broad SMARTS) is 1. The Bertz CT molecular complexity index is 351. The van der Waals surface area contributed by atoms with E-state index >= 15 is 0 Å². The predicted octanol–water partition coefficient (Wildman–Crippen LogP) is 1.87. The van der Waals surface area contributed by atoms with Gasteiger partial charge in [-0.2, -0.15) is 0 Å². The van der Waals surface area contributed by atoms with E-state index in [-0.39, 0.29) is 12.5 Å². The van der Waals surface area contributed by atoms with Gasteiger partial charge in [0.25, 0.3) is 0 Å². The summed E-state index contributed by atoms with van der Waals surface area (Å²) in [5.41, 5.74) is 2.66. The zero-order valence-electron chi connectivity index (χ0n) is 8.81. The number of hydrogen-bond donors (Lipinski definition) is 1. The van der Waals surface area contributed by atoms with Crippen LogP contribution in [0.25, 0.3) is 0 Å². The van der Waals surface area contributed by atoms with Crippen molar-refractivity contribution in [1.82, 2.24) is 4.90 Å². The fourth-order valence-electron chi connectivity index (χ4n) is 2.05. The van der Waals surface area contributed by atoms with E-state index in [2.05, 4.69) is 17.0 Å². The molecule has 1 atom stereocenters. The minimum atomic E-state index is -0.724. The number of carboxylic acids is 1. The molecule has 1 aliphatic heterocycles. The first-order valence-electron chi connectivity index (χ1n) is 5.19. The molecule has 3 heteroatoms. The Morgan fingerprint density at radius 1 is 1.40 bits per heavy atom. The maximum atomic E-state index is 10.6. The van der Waals surface area contributed by atoms with Crippen LogP contribution in [-0.2, 0) is 17.9 Å². The van der Waals surface area contributed by atoms with Crippen LogP contribution in [0.3, 0.4) is 0 Å². The Labute approximate surface area is 89.3 Å². The van der Waals surface area contributed by atoms with E-state index in [1.165, 1.54) is 11.1 Å². The Morgan fingerprint density at radius 3 is 2.40 bits per heavy atom. The van der Waals surface area contributed by atoms with Crippen molar-refractivity contribution in [2.75, 3.05) is 0 Å². The van der Waals surface area contributed by atoms with Gasteiger partial charge in [-0.05, 0) is 18.1 Å². The van der Waals surface area contributed by atoms with Crippen molar-refractivity contribution in [3.8, 4) is 0 Å². The largest absolute Gasteiger partial charge is 0.481 e. The lowest BCUT2D eigenvalue weighted by Crippen LogP contribution is -2.29. The van der Waals surface area contributed by atoms with Gasteiger partial charge in [0, 0.05) is 19.1 Å². The molecule has 0 aliphatic carbocycles. The molecule has 1 N–H and O–H groups in total. The van der Waals surface area contributed by atoms with Crippen molar-refractivity contribution in [2.45, 2.75) is 32.5 Å². The maximum Gasteiger partial charge on any atom is 0.304 e. The fourth-order valence-corrected chi connectivity index (χ4v) is 2.05. The molecule has 0 saturated carbocycles. The second kappa shape index (κ2) is 4.03. The lowest BCUT2D eigenvalue weighted by atomic mass is 10.1. The normalized spacial score (nSPS) is 17.4. The van der Waals surface area contributed by atoms with Crippen LogP contribution < -0.4 is 0 Å². The summed E-state index contributed by atoms with van der Waals surface area (Å²) in [5.74, 6) is -0.724. The van der Waals surface area contributed by atoms with Crippen molar-refractivity contribution in [1.29, 1.82) is 0 Å². The summed E-state index contributed by atoms with van der Waals surface area (Å²) in [6.45, 7) is 3.73. The second-order valence-electron chi connectivity index (χ2n) is 4.12. The van der Waals surface area contributed by atoms with Gasteiger partial charge in [-0.3, -0.25) is 9.69 Å². The first-order chi connectivity index (χ1) is 7.16. The zero-order chi connectivity index (χ0) is 10.8. The topological polar surface area (TPSA) is 40.5 Å². The maximum absolute atomic E-state index is 10.6. The van der Waals surface area contributed by atoms with E-state index in [0.29, 0.717) is 0 Å². The number of aliphatic carboxylic acids is 1. The van der Waals surface area contributed by atoms with Crippen LogP contribution in [0.5, 0.6) is 0 Å². The summed E-state index contributed by atoms with van der Waals surface area (Å²) in [6.07, 6.45) is 0.216. The average molecular weight is 205 g/mol. The molecule has 0 spiro atoms. The lowest BCUT2D eigenvalue weighted by molar-refractivity contribution is -0.138. The zero-order valence-corrected chi connectivity index (χ0v) is 8.81. The predicted molar refractivity (Wildman–Crippen MR) is 57.4 cm³/mol. The van der Waals surface area contributed by atoms with Crippen LogP contribution in [0.1, 0.15) is 24.5 Å². The molecule has 0 bridgehead atoms. The molecule has 80 valence electrons. The van der Waals surface area contributed by atoms with Crippen LogP contribution in [0, 0.1) is 0 Å². The van der Waals surface area contributed by atoms with Gasteiger partial charge in [-0.25, -0.2) is 0 Å². The van der Waals surface area contributed by atoms with Crippen molar-refractivity contribution in [3.05, 3.63) is 35.4 Å². The Kier molecular flexibility index (Phi) is 2.73. The highest BCUT2D eigenvalue weighted by atomic mass is 16.4. The van der Waals surface area contributed by atoms with Gasteiger partial charge in [-0.15, -0.1) is 0 Å². The number of nitrogens with zero attached hydrogens (tertiary/aromatic N) is 1. The second-order valence-corrected chi connectivity index (χ2v) is 4.12. The smallest absolute Gasteiger partial charge is 0.304 e. The van der Waals surface area contributed by atoms with E-state index in [1.54, 1.807) is 0 Å². The lowest BCUT2D eigenvalue weighted by Gasteiger charge is -2.21. The van der Waals surface area contributed by atoms with Gasteiger partial charge in [0.15, 0.2) is 0 Å². The van der Waals surface area contributed by atoms with E-state index in [0.717, 1.165) is 13.1 Å². The molecular formula is C12H15NO2. The number of fused-ring (bicyclic) bond motifs is 1. The molecule has 0 radical (unpaired) electrons. The summed E-state index contributed by atoms with van der Waals surface area (Å²) in [7, 11) is 0. The fraction of sp³-hybridized carbons (Fsp3) is 0.417. The van der Waals surface area contributed by atoms with Crippen LogP contribution in [-0.4, -0.2) is 22.0 Å². The van der Waals surface area contributed by atoms with Gasteiger partial charge in [0.1, 0.15) is 0 Å². The molecule has 2 rings (SSSR count). The van der Waals surface area contributed by atoms with Crippen LogP contribution in [0.2, 0.25) is 0 Å². The molecule has 1 aromatic carbocycles. The minimum Gasteiger partial charge on any atom is -0.481 e. The first-order valence-corrected chi connectivity index (χ1v) is 5.19. The summed E-state index contributed by atoms with van der Waals surface area (Å²) in [5, 5.41) is 8.73. The van der Waals surface area contributed by atoms with Gasteiger partial charge < -0.3 is 5.11 Å². The highest BCUT2D eigenvalue weighted by molar-refractivity contribution is 5.67. The molecule has 0 saturated heterocycles. The number of benzene rings is 1. The first kappa shape index (κ1) is 10.2. The molecule has 15 heavy (non-hydrogen) atoms. The third kappa shape index (κ3) is 2.18. The van der Waals surface area contributed by atoms with Crippen molar-refractivity contribution < 1.29 is 9.90 Å². The van der Waals surface area contributed by atoms with E-state index in [4.69, 9.17) is 5.11 Å². The van der Waals surface area contributed by atoms with E-state index < -0.39 is 5.97 Å². The summed E-state index contributed by atoms with van der Waals surface area (Å²) < 4.78 is 0. The Balaban J connectivity index is 2.03. The highest BCUT2D eigenvalue weighted by Gasteiger charge is 2.23. The quantitative estimate of drug-likeness (QED) is 0.818. The summed E-state index contributed by atoms with van der Waals surface area (Å²) >= 11 is 0. The third-order valence-electron chi connectivity index (χ3n) is 2.96. The summed E-state index contributed by atoms with van der Waals surface area (Å²) in [4.78, 5) is 12.8. The SMILES string of the molecule is CC(CC(=O)O)N1Cc2ccccc2C1. The van der Waals surface area contributed by atoms with Crippen LogP contribution in [0.15, 0.2) is 24.3 Å². The molecular weight excluding hydrogens is 190 g/mol. The summed E-state index contributed by atoms with van der Waals surface area (Å²) in [6, 6.07) is 8.40. The molecule has 0 fully saturated rings. The molecule has 3 nitrogen and oxygen atoms in total. The van der Waals surface area contributed by atoms with Gasteiger partial charge in [-0.1, -0.05) is 24.3 Å². The van der Waals surface area contributed by atoms with Crippen molar-refractivity contribution in [2.24, 2.45) is 0 Å². The van der Waals surface area contributed by atoms with Gasteiger partial charge >= 0.3 is 5.97 Å².